The number of carbonyl (C=O) groups excluding carboxylic acids is 4. The average Bonchev–Trinajstić information content (AvgIpc) is 3.20. The van der Waals surface area contributed by atoms with Crippen molar-refractivity contribution < 1.29 is 37.4 Å². The summed E-state index contributed by atoms with van der Waals surface area (Å²) in [5, 5.41) is -1.02. The van der Waals surface area contributed by atoms with E-state index in [0.717, 1.165) is 11.3 Å². The van der Waals surface area contributed by atoms with Gasteiger partial charge in [-0.3, -0.25) is 9.59 Å². The van der Waals surface area contributed by atoms with Gasteiger partial charge in [-0.25, -0.2) is 9.59 Å². The number of nitrogens with zero attached hydrogens (tertiary/aromatic N) is 1. The van der Waals surface area contributed by atoms with E-state index in [0.29, 0.717) is 15.5 Å². The van der Waals surface area contributed by atoms with E-state index in [4.69, 9.17) is 22.8 Å². The Kier molecular flexibility index (Phi) is 7.78. The molecule has 0 aromatic carbocycles. The van der Waals surface area contributed by atoms with Crippen LogP contribution in [-0.4, -0.2) is 34.0 Å². The molecule has 0 radical (unpaired) electrons. The van der Waals surface area contributed by atoms with Crippen LogP contribution in [0.5, 0.6) is 0 Å². The summed E-state index contributed by atoms with van der Waals surface area (Å²) in [7, 11) is 0. The number of hydrogen-bond acceptors (Lipinski definition) is 8. The van der Waals surface area contributed by atoms with Gasteiger partial charge in [-0.05, 0) is 30.3 Å². The topological polar surface area (TPSA) is 90.0 Å². The second-order valence-corrected chi connectivity index (χ2v) is 8.21. The molecule has 154 valence electrons. The van der Waals surface area contributed by atoms with E-state index in [-0.39, 0.29) is 36.1 Å². The van der Waals surface area contributed by atoms with Gasteiger partial charge in [0.15, 0.2) is 0 Å². The van der Waals surface area contributed by atoms with Crippen molar-refractivity contribution in [3.63, 3.8) is 0 Å². The fraction of sp³-hybridized carbons (Fsp3) is 0.294. The van der Waals surface area contributed by atoms with Crippen molar-refractivity contribution in [3.8, 4) is 12.3 Å². The molecule has 0 bridgehead atoms. The summed E-state index contributed by atoms with van der Waals surface area (Å²) in [6, 6.07) is 3.17. The molecule has 0 N–H and O–H groups in total. The molecule has 1 aliphatic heterocycles. The number of carbonyl (C=O) groups is 4. The molecule has 0 unspecified atom stereocenters. The zero-order valence-electron chi connectivity index (χ0n) is 14.5. The Bertz CT molecular complexity index is 908. The number of thiophene rings is 1. The van der Waals surface area contributed by atoms with Crippen molar-refractivity contribution in [1.29, 1.82) is 0 Å². The first-order valence-electron chi connectivity index (χ1n) is 7.85. The first-order valence-corrected chi connectivity index (χ1v) is 9.86. The molecule has 1 saturated heterocycles. The maximum Gasteiger partial charge on any atom is 0.424 e. The highest BCUT2D eigenvalue weighted by molar-refractivity contribution is 8.18. The minimum absolute atomic E-state index is 0.0571. The minimum atomic E-state index is -3.81. The number of alkyl halides is 2. The highest BCUT2D eigenvalue weighted by Gasteiger charge is 2.43. The number of amides is 3. The van der Waals surface area contributed by atoms with E-state index in [1.165, 1.54) is 0 Å². The van der Waals surface area contributed by atoms with E-state index in [1.54, 1.807) is 12.1 Å². The van der Waals surface area contributed by atoms with Gasteiger partial charge in [-0.2, -0.15) is 13.7 Å². The number of esters is 1. The van der Waals surface area contributed by atoms with Crippen LogP contribution in [0, 0.1) is 12.3 Å². The highest BCUT2D eigenvalue weighted by atomic mass is 35.5. The molecule has 0 atom stereocenters. The van der Waals surface area contributed by atoms with Crippen LogP contribution < -0.4 is 0 Å². The Morgan fingerprint density at radius 2 is 2.07 bits per heavy atom. The van der Waals surface area contributed by atoms with Gasteiger partial charge < -0.3 is 9.47 Å². The summed E-state index contributed by atoms with van der Waals surface area (Å²) in [6.07, 6.45) is 3.24. The van der Waals surface area contributed by atoms with Crippen LogP contribution in [0.4, 0.5) is 18.4 Å². The number of hydrogen-bond donors (Lipinski definition) is 0. The maximum absolute atomic E-state index is 13.6. The van der Waals surface area contributed by atoms with E-state index >= 15 is 0 Å². The van der Waals surface area contributed by atoms with Crippen molar-refractivity contribution in [3.05, 3.63) is 32.5 Å². The third-order valence-electron chi connectivity index (χ3n) is 3.33. The molecule has 1 aromatic heterocycles. The third kappa shape index (κ3) is 6.03. The zero-order valence-corrected chi connectivity index (χ0v) is 16.9. The molecule has 2 rings (SSSR count). The largest absolute Gasteiger partial charge is 0.443 e. The molecule has 29 heavy (non-hydrogen) atoms. The van der Waals surface area contributed by atoms with Crippen LogP contribution in [0.3, 0.4) is 0 Å². The Hall–Kier alpha value is -2.42. The first kappa shape index (κ1) is 22.9. The summed E-state index contributed by atoms with van der Waals surface area (Å²) in [4.78, 5) is 47.7. The van der Waals surface area contributed by atoms with Crippen LogP contribution in [-0.2, 0) is 25.7 Å². The number of rotatable bonds is 7. The van der Waals surface area contributed by atoms with Crippen molar-refractivity contribution >= 4 is 57.9 Å². The number of halogens is 3. The Balaban J connectivity index is 1.95. The molecule has 0 saturated carbocycles. The fourth-order valence-corrected chi connectivity index (χ4v) is 3.66. The van der Waals surface area contributed by atoms with Gasteiger partial charge in [0, 0.05) is 17.7 Å². The Morgan fingerprint density at radius 1 is 1.34 bits per heavy atom. The molecule has 1 fully saturated rings. The molecule has 7 nitrogen and oxygen atoms in total. The normalized spacial score (nSPS) is 15.5. The standard InChI is InChI=1S/C17H12ClF2NO6S2/c1-2-3-4-7-17(19,20)14(23)26-9-11-13(22)21(16(25)29-11)15(24)27-8-10-5-6-12(18)28-10/h1,5-6,9H,3-4,7-8H2. The number of thioether (sulfide) groups is 1. The van der Waals surface area contributed by atoms with Gasteiger partial charge in [0.05, 0.1) is 4.34 Å². The lowest BCUT2D eigenvalue weighted by atomic mass is 10.1. The van der Waals surface area contributed by atoms with Gasteiger partial charge in [-0.15, -0.1) is 23.7 Å². The van der Waals surface area contributed by atoms with Crippen LogP contribution in [0.25, 0.3) is 0 Å². The summed E-state index contributed by atoms with van der Waals surface area (Å²) < 4.78 is 36.9. The van der Waals surface area contributed by atoms with Crippen LogP contribution in [0.15, 0.2) is 23.3 Å². The van der Waals surface area contributed by atoms with Crippen molar-refractivity contribution in [2.75, 3.05) is 0 Å². The van der Waals surface area contributed by atoms with Gasteiger partial charge in [0.25, 0.3) is 5.91 Å². The molecule has 3 amide bonds. The van der Waals surface area contributed by atoms with Crippen LogP contribution in [0.2, 0.25) is 4.34 Å². The Labute approximate surface area is 177 Å². The predicted molar refractivity (Wildman–Crippen MR) is 101 cm³/mol. The highest BCUT2D eigenvalue weighted by Crippen LogP contribution is 2.32. The zero-order chi connectivity index (χ0) is 21.6. The van der Waals surface area contributed by atoms with Crippen molar-refractivity contribution in [2.24, 2.45) is 0 Å². The van der Waals surface area contributed by atoms with Crippen molar-refractivity contribution in [2.45, 2.75) is 31.8 Å². The van der Waals surface area contributed by atoms with E-state index in [9.17, 15) is 28.0 Å². The predicted octanol–water partition coefficient (Wildman–Crippen LogP) is 4.56. The number of unbranched alkanes of at least 4 members (excludes halogenated alkanes) is 1. The number of terminal acetylenes is 1. The van der Waals surface area contributed by atoms with Crippen molar-refractivity contribution in [1.82, 2.24) is 4.90 Å². The lowest BCUT2D eigenvalue weighted by Gasteiger charge is -2.12. The lowest BCUT2D eigenvalue weighted by molar-refractivity contribution is -0.166. The van der Waals surface area contributed by atoms with E-state index in [1.807, 2.05) is 0 Å². The van der Waals surface area contributed by atoms with Gasteiger partial charge in [-0.1, -0.05) is 11.6 Å². The molecule has 1 aromatic rings. The summed E-state index contributed by atoms with van der Waals surface area (Å²) >= 11 is 7.12. The van der Waals surface area contributed by atoms with E-state index in [2.05, 4.69) is 10.7 Å². The monoisotopic (exact) mass is 463 g/mol. The van der Waals surface area contributed by atoms with Gasteiger partial charge >= 0.3 is 23.2 Å². The molecular weight excluding hydrogens is 452 g/mol. The molecule has 12 heteroatoms. The molecule has 1 aliphatic rings. The van der Waals surface area contributed by atoms with Gasteiger partial charge in [0.2, 0.25) is 0 Å². The molecular formula is C17H12ClF2NO6S2. The average molecular weight is 464 g/mol. The Morgan fingerprint density at radius 3 is 2.69 bits per heavy atom. The molecule has 0 spiro atoms. The third-order valence-corrected chi connectivity index (χ3v) is 5.38. The maximum atomic E-state index is 13.6. The fourth-order valence-electron chi connectivity index (χ4n) is 1.94. The summed E-state index contributed by atoms with van der Waals surface area (Å²) in [5.41, 5.74) is 0. The van der Waals surface area contributed by atoms with Crippen LogP contribution in [0.1, 0.15) is 24.1 Å². The molecule has 2 heterocycles. The van der Waals surface area contributed by atoms with Crippen LogP contribution >= 0.6 is 34.7 Å². The summed E-state index contributed by atoms with van der Waals surface area (Å²) in [5.74, 6) is -4.71. The second-order valence-electron chi connectivity index (χ2n) is 5.42. The quantitative estimate of drug-likeness (QED) is 0.192. The molecule has 0 aliphatic carbocycles. The minimum Gasteiger partial charge on any atom is -0.443 e. The second kappa shape index (κ2) is 9.87. The van der Waals surface area contributed by atoms with E-state index < -0.39 is 40.5 Å². The van der Waals surface area contributed by atoms with Gasteiger partial charge in [0.1, 0.15) is 17.8 Å². The SMILES string of the molecule is C#CCCCC(F)(F)C(=O)OC=C1SC(=O)N(C(=O)OCc2ccc(Cl)s2)C1=O. The summed E-state index contributed by atoms with van der Waals surface area (Å²) in [6.45, 7) is -0.226. The number of imide groups is 3. The smallest absolute Gasteiger partial charge is 0.424 e. The lowest BCUT2D eigenvalue weighted by Crippen LogP contribution is -2.35. The number of ether oxygens (including phenoxy) is 2. The first-order chi connectivity index (χ1) is 13.7.